The van der Waals surface area contributed by atoms with Crippen LogP contribution in [-0.4, -0.2) is 27.8 Å². The first-order valence-corrected chi connectivity index (χ1v) is 13.2. The number of hydrogen-bond acceptors (Lipinski definition) is 4. The van der Waals surface area contributed by atoms with Crippen molar-refractivity contribution in [3.8, 4) is 0 Å². The molecule has 0 fully saturated rings. The molecule has 2 N–H and O–H groups in total. The smallest absolute Gasteiger partial charge is 0.360 e. The lowest BCUT2D eigenvalue weighted by molar-refractivity contribution is -0.120. The van der Waals surface area contributed by atoms with Crippen molar-refractivity contribution in [2.24, 2.45) is 5.92 Å². The maximum Gasteiger partial charge on any atom is 0.386 e. The van der Waals surface area contributed by atoms with Gasteiger partial charge in [0, 0.05) is 16.1 Å². The van der Waals surface area contributed by atoms with E-state index in [1.54, 1.807) is 55.5 Å². The molecule has 2 aromatic carbocycles. The van der Waals surface area contributed by atoms with Crippen molar-refractivity contribution in [2.75, 3.05) is 5.32 Å². The van der Waals surface area contributed by atoms with Gasteiger partial charge in [-0.1, -0.05) is 51.3 Å². The van der Waals surface area contributed by atoms with Crippen LogP contribution in [0.1, 0.15) is 33.2 Å². The summed E-state index contributed by atoms with van der Waals surface area (Å²) in [6.45, 7) is 1.71. The Hall–Kier alpha value is -2.19. The maximum atomic E-state index is 13.4. The first-order valence-electron chi connectivity index (χ1n) is 10.2. The molecular formula is C24H20BrCl2N2O3S+. The van der Waals surface area contributed by atoms with E-state index in [0.717, 1.165) is 11.3 Å². The monoisotopic (exact) mass is 565 g/mol. The number of carbonyl (C=O) groups excluding carboxylic acids is 3. The summed E-state index contributed by atoms with van der Waals surface area (Å²) < 4.78 is 0. The number of rotatable bonds is 6. The van der Waals surface area contributed by atoms with Crippen molar-refractivity contribution in [2.45, 2.75) is 24.3 Å². The zero-order valence-corrected chi connectivity index (χ0v) is 21.4. The number of ketones is 1. The van der Waals surface area contributed by atoms with E-state index < -0.39 is 27.4 Å². The molecule has 1 aliphatic heterocycles. The molecule has 0 aliphatic carbocycles. The van der Waals surface area contributed by atoms with Crippen LogP contribution in [0.3, 0.4) is 0 Å². The number of fused-ring (bicyclic) bond motifs is 1. The van der Waals surface area contributed by atoms with Gasteiger partial charge >= 0.3 is 5.12 Å². The minimum atomic E-state index is -0.791. The van der Waals surface area contributed by atoms with Crippen molar-refractivity contribution in [3.63, 3.8) is 0 Å². The molecule has 0 saturated carbocycles. The number of nitrogens with one attached hydrogen (secondary N) is 2. The third kappa shape index (κ3) is 5.17. The molecule has 170 valence electrons. The number of carbonyl (C=O) groups is 3. The molecule has 3 aromatic rings. The quantitative estimate of drug-likeness (QED) is 0.214. The minimum Gasteiger partial charge on any atom is -0.360 e. The fourth-order valence-electron chi connectivity index (χ4n) is 3.70. The molecule has 0 radical (unpaired) electrons. The summed E-state index contributed by atoms with van der Waals surface area (Å²) in [7, 11) is -0.791. The average Bonchev–Trinajstić information content (AvgIpc) is 3.21. The van der Waals surface area contributed by atoms with Gasteiger partial charge in [-0.3, -0.25) is 9.59 Å². The molecule has 1 amide bonds. The Balaban J connectivity index is 1.66. The van der Waals surface area contributed by atoms with Crippen LogP contribution in [-0.2, 0) is 11.2 Å². The Morgan fingerprint density at radius 3 is 2.45 bits per heavy atom. The molecular weight excluding hydrogens is 547 g/mol. The number of anilines is 1. The van der Waals surface area contributed by atoms with Gasteiger partial charge in [-0.05, 0) is 49.7 Å². The summed E-state index contributed by atoms with van der Waals surface area (Å²) in [4.78, 5) is 38.5. The summed E-state index contributed by atoms with van der Waals surface area (Å²) in [6.07, 6.45) is -0.263. The van der Waals surface area contributed by atoms with Crippen molar-refractivity contribution >= 4 is 72.1 Å². The van der Waals surface area contributed by atoms with Gasteiger partial charge < -0.3 is 10.6 Å². The lowest BCUT2D eigenvalue weighted by atomic mass is 9.86. The Labute approximate surface area is 212 Å². The highest BCUT2D eigenvalue weighted by Gasteiger charge is 2.39. The standard InChI is InChI=1S/C24H19BrCl2N2O3S/c1-13(25)23(31)29-22-18(21(30)17-4-2-3-5-19(17)27)10-15-11-33(12-20(15)28-22)24(32)14-6-8-16(26)9-7-14/h2-9,11-13,18,22,28H,10H2,1H3/p+1. The van der Waals surface area contributed by atoms with Gasteiger partial charge in [0.15, 0.2) is 16.5 Å². The SMILES string of the molecule is CC(Br)C(=O)NC1Nc2c[s+](C(=O)c3ccc(Cl)cc3)cc2CC1C(=O)c1ccccc1Cl. The second kappa shape index (κ2) is 9.97. The van der Waals surface area contributed by atoms with Gasteiger partial charge in [-0.25, -0.2) is 4.79 Å². The highest BCUT2D eigenvalue weighted by molar-refractivity contribution is 9.10. The summed E-state index contributed by atoms with van der Waals surface area (Å²) in [5.41, 5.74) is 2.61. The van der Waals surface area contributed by atoms with E-state index in [2.05, 4.69) is 26.6 Å². The highest BCUT2D eigenvalue weighted by Crippen LogP contribution is 2.39. The lowest BCUT2D eigenvalue weighted by Gasteiger charge is -2.32. The molecule has 5 nitrogen and oxygen atoms in total. The van der Waals surface area contributed by atoms with E-state index in [1.807, 2.05) is 10.8 Å². The van der Waals surface area contributed by atoms with E-state index in [4.69, 9.17) is 23.2 Å². The Bertz CT molecular complexity index is 1230. The predicted molar refractivity (Wildman–Crippen MR) is 137 cm³/mol. The number of thiophene rings is 1. The van der Waals surface area contributed by atoms with Gasteiger partial charge in [0.2, 0.25) is 5.91 Å². The minimum absolute atomic E-state index is 0.0356. The van der Waals surface area contributed by atoms with Gasteiger partial charge in [0.05, 0.1) is 37.5 Å². The molecule has 4 atom stereocenters. The van der Waals surface area contributed by atoms with Gasteiger partial charge in [0.25, 0.3) is 0 Å². The number of amides is 1. The number of benzene rings is 2. The van der Waals surface area contributed by atoms with E-state index >= 15 is 0 Å². The predicted octanol–water partition coefficient (Wildman–Crippen LogP) is 6.12. The molecule has 2 heterocycles. The van der Waals surface area contributed by atoms with Crippen molar-refractivity contribution < 1.29 is 14.4 Å². The van der Waals surface area contributed by atoms with Crippen molar-refractivity contribution in [3.05, 3.63) is 86.0 Å². The maximum absolute atomic E-state index is 13.4. The second-order valence-electron chi connectivity index (χ2n) is 7.74. The van der Waals surface area contributed by atoms with Gasteiger partial charge in [0.1, 0.15) is 6.17 Å². The van der Waals surface area contributed by atoms with E-state index in [0.29, 0.717) is 27.6 Å². The lowest BCUT2D eigenvalue weighted by Crippen LogP contribution is -2.52. The van der Waals surface area contributed by atoms with Crippen LogP contribution < -0.4 is 10.6 Å². The zero-order chi connectivity index (χ0) is 23.7. The normalized spacial score (nSPS) is 18.6. The largest absolute Gasteiger partial charge is 0.386 e. The Kier molecular flexibility index (Phi) is 7.24. The van der Waals surface area contributed by atoms with Crippen LogP contribution in [0.15, 0.2) is 59.3 Å². The van der Waals surface area contributed by atoms with E-state index in [9.17, 15) is 14.4 Å². The number of halogens is 3. The molecule has 1 aliphatic rings. The van der Waals surface area contributed by atoms with Gasteiger partial charge in [-0.15, -0.1) is 0 Å². The third-order valence-electron chi connectivity index (χ3n) is 5.44. The highest BCUT2D eigenvalue weighted by atomic mass is 79.9. The van der Waals surface area contributed by atoms with Crippen LogP contribution in [0.5, 0.6) is 0 Å². The molecule has 0 saturated heterocycles. The molecule has 0 spiro atoms. The van der Waals surface area contributed by atoms with Gasteiger partial charge in [-0.2, -0.15) is 0 Å². The summed E-state index contributed by atoms with van der Waals surface area (Å²) in [6, 6.07) is 13.6. The number of alkyl halides is 1. The Morgan fingerprint density at radius 2 is 1.79 bits per heavy atom. The molecule has 4 rings (SSSR count). The van der Waals surface area contributed by atoms with E-state index in [-0.39, 0.29) is 16.8 Å². The fourth-order valence-corrected chi connectivity index (χ4v) is 5.88. The second-order valence-corrected chi connectivity index (χ2v) is 11.5. The first kappa shape index (κ1) is 24.0. The zero-order valence-electron chi connectivity index (χ0n) is 17.5. The molecule has 9 heteroatoms. The molecule has 4 unspecified atom stereocenters. The van der Waals surface area contributed by atoms with Crippen LogP contribution in [0, 0.1) is 5.92 Å². The topological polar surface area (TPSA) is 75.3 Å². The Morgan fingerprint density at radius 1 is 1.09 bits per heavy atom. The first-order chi connectivity index (χ1) is 15.7. The van der Waals surface area contributed by atoms with Crippen LogP contribution in [0.2, 0.25) is 10.0 Å². The number of Topliss-reactive ketones (excluding diaryl/α,β-unsaturated/α-hetero) is 1. The van der Waals surface area contributed by atoms with E-state index in [1.165, 1.54) is 0 Å². The summed E-state index contributed by atoms with van der Waals surface area (Å²) in [5, 5.41) is 10.8. The summed E-state index contributed by atoms with van der Waals surface area (Å²) in [5.74, 6) is -0.999. The van der Waals surface area contributed by atoms with Crippen LogP contribution >= 0.6 is 49.6 Å². The van der Waals surface area contributed by atoms with Crippen LogP contribution in [0.4, 0.5) is 5.69 Å². The van der Waals surface area contributed by atoms with Crippen molar-refractivity contribution in [1.29, 1.82) is 0 Å². The molecule has 33 heavy (non-hydrogen) atoms. The number of hydrogen-bond donors (Lipinski definition) is 2. The average molecular weight is 567 g/mol. The summed E-state index contributed by atoms with van der Waals surface area (Å²) >= 11 is 15.5. The van der Waals surface area contributed by atoms with Crippen molar-refractivity contribution in [1.82, 2.24) is 5.32 Å². The third-order valence-corrected chi connectivity index (χ3v) is 8.13. The molecule has 1 aromatic heterocycles. The molecule has 0 bridgehead atoms. The fraction of sp³-hybridized carbons (Fsp3) is 0.208. The van der Waals surface area contributed by atoms with Crippen LogP contribution in [0.25, 0.3) is 0 Å².